The first-order chi connectivity index (χ1) is 15.8. The zero-order chi connectivity index (χ0) is 23.2. The summed E-state index contributed by atoms with van der Waals surface area (Å²) in [6.07, 6.45) is 2.23. The van der Waals surface area contributed by atoms with Crippen molar-refractivity contribution in [3.63, 3.8) is 0 Å². The second-order valence-electron chi connectivity index (χ2n) is 7.89. The number of carbonyl (C=O) groups excluding carboxylic acids is 1. The highest BCUT2D eigenvalue weighted by atomic mass is 35.5. The minimum Gasteiger partial charge on any atom is -0.383 e. The number of thiophene rings is 1. The number of sulfonamides is 1. The van der Waals surface area contributed by atoms with Gasteiger partial charge in [-0.25, -0.2) is 18.4 Å². The molecule has 4 aromatic rings. The van der Waals surface area contributed by atoms with Gasteiger partial charge in [-0.3, -0.25) is 4.90 Å². The first-order valence-electron chi connectivity index (χ1n) is 10.2. The number of aldehydes is 1. The number of hydrogen-bond acceptors (Lipinski definition) is 8. The largest absolute Gasteiger partial charge is 0.383 e. The van der Waals surface area contributed by atoms with Crippen molar-refractivity contribution in [1.29, 1.82) is 0 Å². The molecular weight excluding hydrogens is 482 g/mol. The average Bonchev–Trinajstić information content (AvgIpc) is 3.24. The van der Waals surface area contributed by atoms with Crippen LogP contribution in [0.3, 0.4) is 0 Å². The van der Waals surface area contributed by atoms with E-state index in [1.165, 1.54) is 22.0 Å². The smallest absolute Gasteiger partial charge is 0.252 e. The molecule has 0 radical (unpaired) electrons. The first-order valence-corrected chi connectivity index (χ1v) is 12.9. The van der Waals surface area contributed by atoms with E-state index in [0.29, 0.717) is 30.5 Å². The van der Waals surface area contributed by atoms with Crippen LogP contribution in [0.5, 0.6) is 0 Å². The molecule has 8 nitrogen and oxygen atoms in total. The van der Waals surface area contributed by atoms with Gasteiger partial charge in [0.15, 0.2) is 0 Å². The molecule has 170 valence electrons. The number of piperazine rings is 1. The number of anilines is 1. The van der Waals surface area contributed by atoms with Crippen molar-refractivity contribution in [3.8, 4) is 0 Å². The van der Waals surface area contributed by atoms with Gasteiger partial charge in [0.2, 0.25) is 0 Å². The van der Waals surface area contributed by atoms with Crippen LogP contribution in [0.25, 0.3) is 21.0 Å². The van der Waals surface area contributed by atoms with Gasteiger partial charge >= 0.3 is 0 Å². The summed E-state index contributed by atoms with van der Waals surface area (Å²) in [4.78, 5) is 22.1. The Morgan fingerprint density at radius 3 is 2.82 bits per heavy atom. The van der Waals surface area contributed by atoms with E-state index in [1.807, 2.05) is 23.1 Å². The Morgan fingerprint density at radius 2 is 2.00 bits per heavy atom. The highest BCUT2D eigenvalue weighted by molar-refractivity contribution is 7.91. The predicted molar refractivity (Wildman–Crippen MR) is 130 cm³/mol. The lowest BCUT2D eigenvalue weighted by Crippen LogP contribution is -2.54. The van der Waals surface area contributed by atoms with Crippen LogP contribution < -0.4 is 5.73 Å². The summed E-state index contributed by atoms with van der Waals surface area (Å²) in [6.45, 7) is 1.31. The number of carbonyl (C=O) groups is 1. The van der Waals surface area contributed by atoms with E-state index in [1.54, 1.807) is 24.3 Å². The molecule has 1 fully saturated rings. The summed E-state index contributed by atoms with van der Waals surface area (Å²) >= 11 is 7.23. The molecule has 1 atom stereocenters. The van der Waals surface area contributed by atoms with Gasteiger partial charge in [0, 0.05) is 41.3 Å². The molecular formula is C22H20ClN5O3S2. The van der Waals surface area contributed by atoms with Gasteiger partial charge in [-0.2, -0.15) is 4.31 Å². The molecule has 11 heteroatoms. The van der Waals surface area contributed by atoms with Crippen LogP contribution in [0, 0.1) is 0 Å². The number of aromatic nitrogens is 2. The summed E-state index contributed by atoms with van der Waals surface area (Å²) in [5, 5.41) is 2.14. The van der Waals surface area contributed by atoms with Crippen molar-refractivity contribution in [3.05, 3.63) is 59.4 Å². The number of hydrogen-bond donors (Lipinski definition) is 1. The van der Waals surface area contributed by atoms with Crippen molar-refractivity contribution in [1.82, 2.24) is 19.2 Å². The highest BCUT2D eigenvalue weighted by Gasteiger charge is 2.35. The maximum atomic E-state index is 13.3. The normalized spacial score (nSPS) is 18.2. The second-order valence-corrected chi connectivity index (χ2v) is 11.6. The van der Waals surface area contributed by atoms with Crippen LogP contribution in [0.4, 0.5) is 5.82 Å². The van der Waals surface area contributed by atoms with Crippen LogP contribution in [0.2, 0.25) is 5.02 Å². The van der Waals surface area contributed by atoms with Gasteiger partial charge in [0.25, 0.3) is 10.0 Å². The van der Waals surface area contributed by atoms with Crippen LogP contribution in [-0.4, -0.2) is 59.6 Å². The Kier molecular flexibility index (Phi) is 5.79. The molecule has 5 rings (SSSR count). The Labute approximate surface area is 199 Å². The summed E-state index contributed by atoms with van der Waals surface area (Å²) in [7, 11) is -3.72. The molecule has 2 N–H and O–H groups in total. The standard InChI is InChI=1S/C22H20ClN5O3S2/c23-16-3-2-15-8-21(32-20(15)9-16)33(30,31)28-6-5-27(17(11-28)12-29)10-14-1-4-19-18(7-14)22(24)26-13-25-19/h1-4,7-9,12-13,17H,5-6,10-11H2,(H2,24,25,26). The van der Waals surface area contributed by atoms with E-state index in [-0.39, 0.29) is 10.8 Å². The van der Waals surface area contributed by atoms with E-state index in [9.17, 15) is 13.2 Å². The number of nitrogens with two attached hydrogens (primary N) is 1. The molecule has 3 heterocycles. The SMILES string of the molecule is Nc1ncnc2ccc(CN3CCN(S(=O)(=O)c4cc5ccc(Cl)cc5s4)CC3C=O)cc12. The van der Waals surface area contributed by atoms with Crippen LogP contribution in [0.15, 0.2) is 53.0 Å². The number of nitrogens with zero attached hydrogens (tertiary/aromatic N) is 4. The summed E-state index contributed by atoms with van der Waals surface area (Å²) in [5.74, 6) is 0.398. The van der Waals surface area contributed by atoms with E-state index < -0.39 is 16.1 Å². The van der Waals surface area contributed by atoms with Crippen molar-refractivity contribution >= 4 is 66.1 Å². The molecule has 0 saturated carbocycles. The van der Waals surface area contributed by atoms with Crippen molar-refractivity contribution in [2.75, 3.05) is 25.4 Å². The zero-order valence-electron chi connectivity index (χ0n) is 17.4. The number of halogens is 1. The average molecular weight is 502 g/mol. The third-order valence-electron chi connectivity index (χ3n) is 5.82. The maximum absolute atomic E-state index is 13.3. The number of fused-ring (bicyclic) bond motifs is 2. The third-order valence-corrected chi connectivity index (χ3v) is 9.47. The van der Waals surface area contributed by atoms with Gasteiger partial charge in [-0.1, -0.05) is 23.7 Å². The Hall–Kier alpha value is -2.63. The Bertz CT molecular complexity index is 1470. The van der Waals surface area contributed by atoms with E-state index in [2.05, 4.69) is 9.97 Å². The minimum absolute atomic E-state index is 0.0969. The van der Waals surface area contributed by atoms with E-state index in [0.717, 1.165) is 32.8 Å². The van der Waals surface area contributed by atoms with Crippen molar-refractivity contribution < 1.29 is 13.2 Å². The van der Waals surface area contributed by atoms with Crippen LogP contribution >= 0.6 is 22.9 Å². The van der Waals surface area contributed by atoms with E-state index >= 15 is 0 Å². The molecule has 0 aliphatic carbocycles. The Morgan fingerprint density at radius 1 is 1.15 bits per heavy atom. The van der Waals surface area contributed by atoms with Gasteiger partial charge in [-0.15, -0.1) is 11.3 Å². The quantitative estimate of drug-likeness (QED) is 0.418. The zero-order valence-corrected chi connectivity index (χ0v) is 19.8. The van der Waals surface area contributed by atoms with Crippen molar-refractivity contribution in [2.24, 2.45) is 0 Å². The summed E-state index contributed by atoms with van der Waals surface area (Å²) in [5.41, 5.74) is 7.67. The number of benzene rings is 2. The molecule has 1 aliphatic rings. The lowest BCUT2D eigenvalue weighted by Gasteiger charge is -2.38. The maximum Gasteiger partial charge on any atom is 0.252 e. The van der Waals surface area contributed by atoms with Crippen LogP contribution in [-0.2, 0) is 21.4 Å². The molecule has 0 bridgehead atoms. The third kappa shape index (κ3) is 4.20. The Balaban J connectivity index is 1.36. The molecule has 0 amide bonds. The predicted octanol–water partition coefficient (Wildman–Crippen LogP) is 3.15. The lowest BCUT2D eigenvalue weighted by atomic mass is 10.1. The summed E-state index contributed by atoms with van der Waals surface area (Å²) in [6, 6.07) is 12.1. The molecule has 1 saturated heterocycles. The second kappa shape index (κ2) is 8.62. The number of rotatable bonds is 5. The van der Waals surface area contributed by atoms with Crippen molar-refractivity contribution in [2.45, 2.75) is 16.8 Å². The van der Waals surface area contributed by atoms with Gasteiger partial charge in [0.05, 0.1) is 11.6 Å². The molecule has 1 unspecified atom stereocenters. The van der Waals surface area contributed by atoms with E-state index in [4.69, 9.17) is 17.3 Å². The molecule has 33 heavy (non-hydrogen) atoms. The first kappa shape index (κ1) is 22.2. The monoisotopic (exact) mass is 501 g/mol. The van der Waals surface area contributed by atoms with Crippen LogP contribution in [0.1, 0.15) is 5.56 Å². The fourth-order valence-corrected chi connectivity index (χ4v) is 7.33. The molecule has 1 aliphatic heterocycles. The lowest BCUT2D eigenvalue weighted by molar-refractivity contribution is -0.114. The van der Waals surface area contributed by atoms with Gasteiger partial charge in [0.1, 0.15) is 22.6 Å². The molecule has 2 aromatic heterocycles. The minimum atomic E-state index is -3.72. The summed E-state index contributed by atoms with van der Waals surface area (Å²) < 4.78 is 29.0. The molecule has 2 aromatic carbocycles. The van der Waals surface area contributed by atoms with Gasteiger partial charge < -0.3 is 10.5 Å². The highest BCUT2D eigenvalue weighted by Crippen LogP contribution is 2.33. The molecule has 0 spiro atoms. The topological polar surface area (TPSA) is 109 Å². The number of nitrogen functional groups attached to an aromatic ring is 1. The fraction of sp³-hybridized carbons (Fsp3) is 0.227. The van der Waals surface area contributed by atoms with Gasteiger partial charge in [-0.05, 0) is 41.3 Å². The fourth-order valence-electron chi connectivity index (χ4n) is 4.06.